The smallest absolute Gasteiger partial charge is 0.332 e. The zero-order valence-electron chi connectivity index (χ0n) is 8.69. The second-order valence-corrected chi connectivity index (χ2v) is 3.83. The maximum Gasteiger partial charge on any atom is 0.332 e. The zero-order valence-corrected chi connectivity index (χ0v) is 8.69. The average molecular weight is 215 g/mol. The van der Waals surface area contributed by atoms with Gasteiger partial charge in [0.15, 0.2) is 6.10 Å². The van der Waals surface area contributed by atoms with E-state index in [4.69, 9.17) is 10.2 Å². The van der Waals surface area contributed by atoms with Crippen LogP contribution in [0.25, 0.3) is 0 Å². The number of hydrogen-bond acceptors (Lipinski definition) is 3. The number of carbonyl (C=O) groups excluding carboxylic acids is 1. The molecule has 0 radical (unpaired) electrons. The third-order valence-electron chi connectivity index (χ3n) is 2.63. The molecule has 86 valence electrons. The molecule has 0 aromatic carbocycles. The molecule has 1 aliphatic rings. The molecule has 1 atom stereocenters. The lowest BCUT2D eigenvalue weighted by molar-refractivity contribution is -0.147. The van der Waals surface area contributed by atoms with Gasteiger partial charge in [-0.15, -0.1) is 0 Å². The van der Waals surface area contributed by atoms with Crippen molar-refractivity contribution in [2.24, 2.45) is 0 Å². The van der Waals surface area contributed by atoms with Gasteiger partial charge in [0.2, 0.25) is 5.91 Å². The van der Waals surface area contributed by atoms with Gasteiger partial charge >= 0.3 is 5.97 Å². The number of likely N-dealkylation sites (tertiary alicyclic amines) is 1. The molecule has 5 heteroatoms. The van der Waals surface area contributed by atoms with Crippen molar-refractivity contribution < 1.29 is 19.8 Å². The summed E-state index contributed by atoms with van der Waals surface area (Å²) in [4.78, 5) is 23.5. The van der Waals surface area contributed by atoms with Gasteiger partial charge in [0, 0.05) is 25.9 Å². The van der Waals surface area contributed by atoms with Gasteiger partial charge in [0.05, 0.1) is 0 Å². The Hall–Kier alpha value is -1.10. The summed E-state index contributed by atoms with van der Waals surface area (Å²) in [6, 6.07) is 0. The first kappa shape index (κ1) is 12.0. The summed E-state index contributed by atoms with van der Waals surface area (Å²) < 4.78 is 0. The molecule has 0 saturated carbocycles. The predicted molar refractivity (Wildman–Crippen MR) is 53.3 cm³/mol. The van der Waals surface area contributed by atoms with Crippen molar-refractivity contribution in [2.45, 2.75) is 38.2 Å². The van der Waals surface area contributed by atoms with Crippen molar-refractivity contribution in [3.63, 3.8) is 0 Å². The Kier molecular flexibility index (Phi) is 4.55. The van der Waals surface area contributed by atoms with Crippen molar-refractivity contribution in [2.75, 3.05) is 13.1 Å². The second kappa shape index (κ2) is 5.70. The number of amides is 1. The van der Waals surface area contributed by atoms with Crippen LogP contribution in [0.4, 0.5) is 0 Å². The first-order chi connectivity index (χ1) is 7.11. The maximum absolute atomic E-state index is 11.5. The van der Waals surface area contributed by atoms with Crippen LogP contribution in [0.15, 0.2) is 0 Å². The first-order valence-electron chi connectivity index (χ1n) is 5.30. The summed E-state index contributed by atoms with van der Waals surface area (Å²) in [6.45, 7) is 1.03. The molecule has 0 aromatic heterocycles. The number of carbonyl (C=O) groups is 2. The normalized spacial score (nSPS) is 19.8. The number of nitrogens with zero attached hydrogens (tertiary/aromatic N) is 1. The lowest BCUT2D eigenvalue weighted by atomic mass is 10.2. The van der Waals surface area contributed by atoms with Gasteiger partial charge < -0.3 is 15.1 Å². The van der Waals surface area contributed by atoms with Crippen molar-refractivity contribution in [3.8, 4) is 0 Å². The molecule has 1 fully saturated rings. The van der Waals surface area contributed by atoms with E-state index in [-0.39, 0.29) is 12.3 Å². The molecule has 15 heavy (non-hydrogen) atoms. The van der Waals surface area contributed by atoms with Gasteiger partial charge in [-0.25, -0.2) is 4.79 Å². The Morgan fingerprint density at radius 3 is 2.80 bits per heavy atom. The molecular formula is C10H17NO4. The van der Waals surface area contributed by atoms with Crippen LogP contribution < -0.4 is 0 Å². The van der Waals surface area contributed by atoms with E-state index in [0.29, 0.717) is 19.5 Å². The van der Waals surface area contributed by atoms with E-state index in [2.05, 4.69) is 0 Å². The fourth-order valence-electron chi connectivity index (χ4n) is 1.68. The molecule has 2 N–H and O–H groups in total. The van der Waals surface area contributed by atoms with Gasteiger partial charge in [-0.05, 0) is 12.8 Å². The van der Waals surface area contributed by atoms with Crippen molar-refractivity contribution >= 4 is 11.9 Å². The number of carboxylic acid groups (broad SMARTS) is 1. The molecule has 0 aromatic rings. The highest BCUT2D eigenvalue weighted by Crippen LogP contribution is 2.11. The number of aliphatic hydroxyl groups is 1. The van der Waals surface area contributed by atoms with Crippen LogP contribution in [0.1, 0.15) is 32.1 Å². The van der Waals surface area contributed by atoms with Crippen LogP contribution in [-0.4, -0.2) is 46.2 Å². The molecular weight excluding hydrogens is 198 g/mol. The molecule has 1 amide bonds. The van der Waals surface area contributed by atoms with E-state index >= 15 is 0 Å². The average Bonchev–Trinajstić information content (AvgIpc) is 2.39. The first-order valence-corrected chi connectivity index (χ1v) is 5.30. The highest BCUT2D eigenvalue weighted by Gasteiger charge is 2.19. The fourth-order valence-corrected chi connectivity index (χ4v) is 1.68. The van der Waals surface area contributed by atoms with Gasteiger partial charge in [-0.3, -0.25) is 4.79 Å². The monoisotopic (exact) mass is 215 g/mol. The van der Waals surface area contributed by atoms with Gasteiger partial charge in [0.25, 0.3) is 0 Å². The quantitative estimate of drug-likeness (QED) is 0.703. The van der Waals surface area contributed by atoms with Crippen molar-refractivity contribution in [1.82, 2.24) is 4.90 Å². The van der Waals surface area contributed by atoms with E-state index in [1.165, 1.54) is 0 Å². The predicted octanol–water partition coefficient (Wildman–Crippen LogP) is 0.225. The molecule has 1 unspecified atom stereocenters. The minimum absolute atomic E-state index is 0.0742. The van der Waals surface area contributed by atoms with Crippen LogP contribution >= 0.6 is 0 Å². The summed E-state index contributed by atoms with van der Waals surface area (Å²) in [6.07, 6.45) is 2.22. The minimum atomic E-state index is -1.36. The number of rotatable bonds is 4. The van der Waals surface area contributed by atoms with E-state index in [0.717, 1.165) is 19.3 Å². The van der Waals surface area contributed by atoms with Crippen LogP contribution in [-0.2, 0) is 9.59 Å². The van der Waals surface area contributed by atoms with Crippen LogP contribution in [0.2, 0.25) is 0 Å². The van der Waals surface area contributed by atoms with E-state index in [9.17, 15) is 9.59 Å². The van der Waals surface area contributed by atoms with E-state index < -0.39 is 12.1 Å². The molecule has 1 saturated heterocycles. The Labute approximate surface area is 88.7 Å². The molecule has 0 bridgehead atoms. The van der Waals surface area contributed by atoms with Gasteiger partial charge in [0.1, 0.15) is 0 Å². The Balaban J connectivity index is 2.35. The lowest BCUT2D eigenvalue weighted by Crippen LogP contribution is -2.34. The van der Waals surface area contributed by atoms with E-state index in [1.54, 1.807) is 4.90 Å². The Bertz CT molecular complexity index is 242. The SMILES string of the molecule is O=C(O)C(O)CCN1CCCCCC1=O. The Morgan fingerprint density at radius 2 is 2.13 bits per heavy atom. The number of aliphatic carboxylic acids is 1. The summed E-state index contributed by atoms with van der Waals surface area (Å²) in [5.74, 6) is -1.15. The summed E-state index contributed by atoms with van der Waals surface area (Å²) in [5, 5.41) is 17.6. The van der Waals surface area contributed by atoms with Crippen LogP contribution in [0, 0.1) is 0 Å². The van der Waals surface area contributed by atoms with Crippen LogP contribution in [0.3, 0.4) is 0 Å². The second-order valence-electron chi connectivity index (χ2n) is 3.83. The van der Waals surface area contributed by atoms with Gasteiger partial charge in [-0.1, -0.05) is 6.42 Å². The van der Waals surface area contributed by atoms with Crippen LogP contribution in [0.5, 0.6) is 0 Å². The lowest BCUT2D eigenvalue weighted by Gasteiger charge is -2.20. The highest BCUT2D eigenvalue weighted by atomic mass is 16.4. The standard InChI is InChI=1S/C10H17NO4/c12-8(10(14)15)5-7-11-6-3-1-2-4-9(11)13/h8,12H,1-7H2,(H,14,15). The van der Waals surface area contributed by atoms with Crippen molar-refractivity contribution in [3.05, 3.63) is 0 Å². The number of carboxylic acids is 1. The Morgan fingerprint density at radius 1 is 1.40 bits per heavy atom. The summed E-state index contributed by atoms with van der Waals surface area (Å²) in [7, 11) is 0. The fraction of sp³-hybridized carbons (Fsp3) is 0.800. The largest absolute Gasteiger partial charge is 0.479 e. The number of aliphatic hydroxyl groups excluding tert-OH is 1. The summed E-state index contributed by atoms with van der Waals surface area (Å²) in [5.41, 5.74) is 0. The minimum Gasteiger partial charge on any atom is -0.479 e. The highest BCUT2D eigenvalue weighted by molar-refractivity contribution is 5.76. The van der Waals surface area contributed by atoms with E-state index in [1.807, 2.05) is 0 Å². The molecule has 1 heterocycles. The summed E-state index contributed by atoms with van der Waals surface area (Å²) >= 11 is 0. The molecule has 0 aliphatic carbocycles. The number of hydrogen-bond donors (Lipinski definition) is 2. The topological polar surface area (TPSA) is 77.8 Å². The zero-order chi connectivity index (χ0) is 11.3. The maximum atomic E-state index is 11.5. The van der Waals surface area contributed by atoms with Gasteiger partial charge in [-0.2, -0.15) is 0 Å². The molecule has 1 aliphatic heterocycles. The molecule has 5 nitrogen and oxygen atoms in total. The van der Waals surface area contributed by atoms with Crippen molar-refractivity contribution in [1.29, 1.82) is 0 Å². The third kappa shape index (κ3) is 3.87. The third-order valence-corrected chi connectivity index (χ3v) is 2.63. The molecule has 0 spiro atoms. The molecule has 1 rings (SSSR count).